The maximum absolute atomic E-state index is 6.56. The molecule has 0 aliphatic rings. The summed E-state index contributed by atoms with van der Waals surface area (Å²) in [5, 5.41) is 0. The van der Waals surface area contributed by atoms with Gasteiger partial charge in [-0.05, 0) is 12.8 Å². The van der Waals surface area contributed by atoms with Crippen molar-refractivity contribution in [1.29, 1.82) is 0 Å². The van der Waals surface area contributed by atoms with Crippen molar-refractivity contribution in [2.75, 3.05) is 13.2 Å². The maximum Gasteiger partial charge on any atom is 0.175 e. The van der Waals surface area contributed by atoms with E-state index in [1.165, 1.54) is 112 Å². The molecule has 0 saturated heterocycles. The second-order valence-electron chi connectivity index (χ2n) is 13.3. The average Bonchev–Trinajstić information content (AvgIpc) is 3.21. The molecule has 0 N–H and O–H groups in total. The lowest BCUT2D eigenvalue weighted by atomic mass is 9.91. The van der Waals surface area contributed by atoms with Crippen molar-refractivity contribution in [3.63, 3.8) is 0 Å². The minimum Gasteiger partial charge on any atom is -0.488 e. The Labute approximate surface area is 236 Å². The van der Waals surface area contributed by atoms with Crippen molar-refractivity contribution < 1.29 is 9.47 Å². The number of rotatable bonds is 22. The van der Waals surface area contributed by atoms with Crippen LogP contribution in [0.3, 0.4) is 0 Å². The first-order chi connectivity index (χ1) is 17.6. The number of thiophene rings is 1. The predicted octanol–water partition coefficient (Wildman–Crippen LogP) is 12.2. The molecule has 0 amide bonds. The van der Waals surface area contributed by atoms with Gasteiger partial charge in [-0.3, -0.25) is 0 Å². The molecule has 0 aromatic carbocycles. The van der Waals surface area contributed by atoms with E-state index in [-0.39, 0.29) is 10.8 Å². The first kappa shape index (κ1) is 34.3. The van der Waals surface area contributed by atoms with Crippen LogP contribution >= 0.6 is 11.3 Å². The molecule has 0 aliphatic heterocycles. The van der Waals surface area contributed by atoms with Gasteiger partial charge in [-0.1, -0.05) is 158 Å². The molecule has 1 aromatic rings. The van der Waals surface area contributed by atoms with Crippen LogP contribution in [-0.2, 0) is 10.8 Å². The second-order valence-corrected chi connectivity index (χ2v) is 14.3. The van der Waals surface area contributed by atoms with Crippen molar-refractivity contribution in [3.8, 4) is 11.5 Å². The lowest BCUT2D eigenvalue weighted by Gasteiger charge is -2.20. The predicted molar refractivity (Wildman–Crippen MR) is 167 cm³/mol. The van der Waals surface area contributed by atoms with Gasteiger partial charge in [0, 0.05) is 10.8 Å². The van der Waals surface area contributed by atoms with Gasteiger partial charge in [0.25, 0.3) is 0 Å². The Balaban J connectivity index is 2.62. The minimum atomic E-state index is 0.0534. The lowest BCUT2D eigenvalue weighted by Crippen LogP contribution is -2.12. The van der Waals surface area contributed by atoms with Crippen LogP contribution < -0.4 is 9.47 Å². The van der Waals surface area contributed by atoms with Gasteiger partial charge in [-0.2, -0.15) is 0 Å². The summed E-state index contributed by atoms with van der Waals surface area (Å²) in [6.45, 7) is 20.0. The number of hydrogen-bond donors (Lipinski definition) is 0. The molecule has 1 rings (SSSR count). The molecule has 0 fully saturated rings. The fraction of sp³-hybridized carbons (Fsp3) is 0.882. The van der Waals surface area contributed by atoms with Crippen molar-refractivity contribution in [1.82, 2.24) is 0 Å². The largest absolute Gasteiger partial charge is 0.488 e. The molecule has 0 aliphatic carbocycles. The van der Waals surface area contributed by atoms with Gasteiger partial charge in [-0.25, -0.2) is 0 Å². The van der Waals surface area contributed by atoms with Gasteiger partial charge in [0.1, 0.15) is 0 Å². The molecule has 0 saturated carbocycles. The molecule has 218 valence electrons. The summed E-state index contributed by atoms with van der Waals surface area (Å²) >= 11 is 1.91. The second kappa shape index (κ2) is 19.4. The van der Waals surface area contributed by atoms with Crippen molar-refractivity contribution in [3.05, 3.63) is 9.75 Å². The Hall–Kier alpha value is -0.700. The van der Waals surface area contributed by atoms with Crippen LogP contribution in [0.5, 0.6) is 11.5 Å². The first-order valence-electron chi connectivity index (χ1n) is 16.1. The molecule has 2 nitrogen and oxygen atoms in total. The SMILES string of the molecule is CCCCCCCCCCCOc1c(C(C)(C)C)sc(C(C)(C)C)c1OCCCCCCCCCCC. The molecule has 37 heavy (non-hydrogen) atoms. The smallest absolute Gasteiger partial charge is 0.175 e. The van der Waals surface area contributed by atoms with Crippen molar-refractivity contribution in [2.45, 2.75) is 182 Å². The highest BCUT2D eigenvalue weighted by Gasteiger charge is 2.33. The molecule has 0 radical (unpaired) electrons. The molecule has 0 unspecified atom stereocenters. The molecule has 3 heteroatoms. The summed E-state index contributed by atoms with van der Waals surface area (Å²) in [4.78, 5) is 2.69. The van der Waals surface area contributed by atoms with E-state index in [4.69, 9.17) is 9.47 Å². The monoisotopic (exact) mass is 536 g/mol. The molecule has 0 spiro atoms. The highest BCUT2D eigenvalue weighted by Crippen LogP contribution is 2.51. The minimum absolute atomic E-state index is 0.0534. The molecule has 0 atom stereocenters. The zero-order valence-corrected chi connectivity index (χ0v) is 27.2. The van der Waals surface area contributed by atoms with Gasteiger partial charge in [-0.15, -0.1) is 11.3 Å². The summed E-state index contributed by atoms with van der Waals surface area (Å²) in [6, 6.07) is 0. The Morgan fingerprint density at radius 1 is 0.432 bits per heavy atom. The van der Waals surface area contributed by atoms with Crippen LogP contribution in [0.1, 0.15) is 181 Å². The normalized spacial score (nSPS) is 12.3. The fourth-order valence-electron chi connectivity index (χ4n) is 4.82. The lowest BCUT2D eigenvalue weighted by molar-refractivity contribution is 0.252. The van der Waals surface area contributed by atoms with Crippen LogP contribution in [0, 0.1) is 0 Å². The molecular formula is C34H64O2S. The van der Waals surface area contributed by atoms with E-state index in [0.29, 0.717) is 0 Å². The van der Waals surface area contributed by atoms with E-state index < -0.39 is 0 Å². The Bertz CT molecular complexity index is 621. The zero-order valence-electron chi connectivity index (χ0n) is 26.4. The zero-order chi connectivity index (χ0) is 27.6. The summed E-state index contributed by atoms with van der Waals surface area (Å²) in [6.07, 6.45) is 24.1. The van der Waals surface area contributed by atoms with Crippen molar-refractivity contribution >= 4 is 11.3 Å². The van der Waals surface area contributed by atoms with Gasteiger partial charge in [0.05, 0.1) is 23.0 Å². The fourth-order valence-corrected chi connectivity index (χ4v) is 6.13. The van der Waals surface area contributed by atoms with Crippen molar-refractivity contribution in [2.24, 2.45) is 0 Å². The summed E-state index contributed by atoms with van der Waals surface area (Å²) < 4.78 is 13.1. The molecule has 1 aromatic heterocycles. The standard InChI is InChI=1S/C34H64O2S/c1-9-11-13-15-17-19-21-23-25-27-35-29-30(32(34(6,7)8)37-31(29)33(3,4)5)36-28-26-24-22-20-18-16-14-12-10-2/h9-28H2,1-8H3. The Morgan fingerprint density at radius 3 is 0.973 bits per heavy atom. The summed E-state index contributed by atoms with van der Waals surface area (Å²) in [5.41, 5.74) is 0.107. The van der Waals surface area contributed by atoms with Gasteiger partial charge >= 0.3 is 0 Å². The van der Waals surface area contributed by atoms with E-state index in [1.54, 1.807) is 0 Å². The van der Waals surface area contributed by atoms with Crippen LogP contribution in [0.25, 0.3) is 0 Å². The van der Waals surface area contributed by atoms with Crippen LogP contribution in [0.4, 0.5) is 0 Å². The quantitative estimate of drug-likeness (QED) is 0.137. The van der Waals surface area contributed by atoms with Gasteiger partial charge < -0.3 is 9.47 Å². The van der Waals surface area contributed by atoms with E-state index in [1.807, 2.05) is 11.3 Å². The molecule has 1 heterocycles. The van der Waals surface area contributed by atoms with E-state index >= 15 is 0 Å². The third-order valence-corrected chi connectivity index (χ3v) is 9.18. The van der Waals surface area contributed by atoms with E-state index in [2.05, 4.69) is 55.4 Å². The Morgan fingerprint density at radius 2 is 0.703 bits per heavy atom. The highest BCUT2D eigenvalue weighted by molar-refractivity contribution is 7.13. The van der Waals surface area contributed by atoms with E-state index in [0.717, 1.165) is 37.6 Å². The van der Waals surface area contributed by atoms with Crippen LogP contribution in [-0.4, -0.2) is 13.2 Å². The van der Waals surface area contributed by atoms with E-state index in [9.17, 15) is 0 Å². The van der Waals surface area contributed by atoms with Gasteiger partial charge in [0.15, 0.2) is 11.5 Å². The number of hydrogen-bond acceptors (Lipinski definition) is 3. The first-order valence-corrected chi connectivity index (χ1v) is 16.9. The maximum atomic E-state index is 6.56. The Kier molecular flexibility index (Phi) is 18.0. The highest BCUT2D eigenvalue weighted by atomic mass is 32.1. The molecular weight excluding hydrogens is 472 g/mol. The van der Waals surface area contributed by atoms with Crippen LogP contribution in [0.2, 0.25) is 0 Å². The summed E-state index contributed by atoms with van der Waals surface area (Å²) in [5.74, 6) is 2.08. The third kappa shape index (κ3) is 14.9. The third-order valence-electron chi connectivity index (χ3n) is 7.17. The van der Waals surface area contributed by atoms with Crippen LogP contribution in [0.15, 0.2) is 0 Å². The van der Waals surface area contributed by atoms with Gasteiger partial charge in [0.2, 0.25) is 0 Å². The summed E-state index contributed by atoms with van der Waals surface area (Å²) in [7, 11) is 0. The number of unbranched alkanes of at least 4 members (excludes halogenated alkanes) is 16. The number of ether oxygens (including phenoxy) is 2. The topological polar surface area (TPSA) is 18.5 Å². The average molecular weight is 537 g/mol. The molecule has 0 bridgehead atoms.